The Morgan fingerprint density at radius 3 is 2.53 bits per heavy atom. The van der Waals surface area contributed by atoms with E-state index in [1.165, 1.54) is 36.8 Å². The van der Waals surface area contributed by atoms with Crippen molar-refractivity contribution >= 4 is 0 Å². The fourth-order valence-electron chi connectivity index (χ4n) is 3.46. The zero-order valence-corrected chi connectivity index (χ0v) is 12.5. The molecule has 0 aliphatic heterocycles. The van der Waals surface area contributed by atoms with Crippen LogP contribution < -0.4 is 5.32 Å². The highest BCUT2D eigenvalue weighted by Crippen LogP contribution is 2.37. The molecule has 1 aliphatic rings. The number of nitrogens with one attached hydrogen (secondary N) is 1. The van der Waals surface area contributed by atoms with E-state index in [0.717, 1.165) is 13.0 Å². The van der Waals surface area contributed by atoms with Crippen molar-refractivity contribution in [2.75, 3.05) is 13.7 Å². The molecular formula is C17H27NO. The van der Waals surface area contributed by atoms with Crippen LogP contribution >= 0.6 is 0 Å². The van der Waals surface area contributed by atoms with Gasteiger partial charge in [-0.1, -0.05) is 37.1 Å². The summed E-state index contributed by atoms with van der Waals surface area (Å²) in [4.78, 5) is 0. The molecule has 2 nitrogen and oxygen atoms in total. The summed E-state index contributed by atoms with van der Waals surface area (Å²) in [7, 11) is 2.07. The van der Waals surface area contributed by atoms with E-state index < -0.39 is 0 Å². The van der Waals surface area contributed by atoms with E-state index >= 15 is 0 Å². The summed E-state index contributed by atoms with van der Waals surface area (Å²) in [5.74, 6) is 0. The van der Waals surface area contributed by atoms with Crippen LogP contribution in [0, 0.1) is 6.92 Å². The maximum Gasteiger partial charge on any atom is 0.0837 e. The molecule has 106 valence electrons. The molecule has 1 atom stereocenters. The molecule has 2 rings (SSSR count). The van der Waals surface area contributed by atoms with Gasteiger partial charge in [-0.15, -0.1) is 0 Å². The van der Waals surface area contributed by atoms with Crippen LogP contribution in [0.4, 0.5) is 0 Å². The van der Waals surface area contributed by atoms with Gasteiger partial charge in [-0.05, 0) is 51.3 Å². The monoisotopic (exact) mass is 261 g/mol. The number of hydrogen-bond acceptors (Lipinski definition) is 2. The van der Waals surface area contributed by atoms with Crippen molar-refractivity contribution < 1.29 is 4.74 Å². The van der Waals surface area contributed by atoms with E-state index in [4.69, 9.17) is 4.74 Å². The summed E-state index contributed by atoms with van der Waals surface area (Å²) in [5, 5.41) is 3.52. The van der Waals surface area contributed by atoms with Gasteiger partial charge in [0.25, 0.3) is 0 Å². The minimum Gasteiger partial charge on any atom is -0.374 e. The van der Waals surface area contributed by atoms with Gasteiger partial charge in [-0.3, -0.25) is 0 Å². The van der Waals surface area contributed by atoms with E-state index in [9.17, 15) is 0 Å². The van der Waals surface area contributed by atoms with Crippen LogP contribution in [0.15, 0.2) is 24.3 Å². The topological polar surface area (TPSA) is 21.3 Å². The molecule has 0 amide bonds. The Labute approximate surface area is 117 Å². The first kappa shape index (κ1) is 14.5. The molecular weight excluding hydrogens is 234 g/mol. The highest BCUT2D eigenvalue weighted by Gasteiger charge is 2.41. The van der Waals surface area contributed by atoms with E-state index in [0.29, 0.717) is 6.04 Å². The molecule has 0 radical (unpaired) electrons. The minimum absolute atomic E-state index is 0.0474. The van der Waals surface area contributed by atoms with E-state index in [2.05, 4.69) is 50.5 Å². The first-order valence-corrected chi connectivity index (χ1v) is 7.57. The number of hydrogen-bond donors (Lipinski definition) is 1. The average Bonchev–Trinajstić information content (AvgIpc) is 2.88. The molecule has 0 aromatic heterocycles. The first-order valence-electron chi connectivity index (χ1n) is 7.57. The van der Waals surface area contributed by atoms with Gasteiger partial charge in [0.1, 0.15) is 0 Å². The second-order valence-electron chi connectivity index (χ2n) is 5.68. The number of aryl methyl sites for hydroxylation is 1. The summed E-state index contributed by atoms with van der Waals surface area (Å²) in [5.41, 5.74) is 2.87. The molecule has 1 unspecified atom stereocenters. The lowest BCUT2D eigenvalue weighted by atomic mass is 9.86. The van der Waals surface area contributed by atoms with Crippen molar-refractivity contribution in [2.45, 2.75) is 57.6 Å². The zero-order chi connectivity index (χ0) is 13.7. The second-order valence-corrected chi connectivity index (χ2v) is 5.68. The molecule has 1 aromatic rings. The van der Waals surface area contributed by atoms with E-state index in [1.807, 2.05) is 0 Å². The number of rotatable bonds is 6. The predicted molar refractivity (Wildman–Crippen MR) is 80.6 cm³/mol. The van der Waals surface area contributed by atoms with Crippen LogP contribution in [-0.4, -0.2) is 25.3 Å². The fraction of sp³-hybridized carbons (Fsp3) is 0.647. The van der Waals surface area contributed by atoms with Crippen molar-refractivity contribution in [3.8, 4) is 0 Å². The Morgan fingerprint density at radius 2 is 1.95 bits per heavy atom. The third-order valence-electron chi connectivity index (χ3n) is 4.55. The standard InChI is InChI=1S/C17H27NO/c1-4-19-17(11-7-8-12-17)16(18-3)13-15-10-6-5-9-14(15)2/h5-6,9-10,16,18H,4,7-8,11-13H2,1-3H3. The second kappa shape index (κ2) is 6.53. The lowest BCUT2D eigenvalue weighted by Gasteiger charge is -2.37. The Balaban J connectivity index is 2.17. The Kier molecular flexibility index (Phi) is 5.00. The van der Waals surface area contributed by atoms with Gasteiger partial charge in [0.2, 0.25) is 0 Å². The number of ether oxygens (including phenoxy) is 1. The molecule has 1 fully saturated rings. The highest BCUT2D eigenvalue weighted by atomic mass is 16.5. The molecule has 0 spiro atoms. The predicted octanol–water partition coefficient (Wildman–Crippen LogP) is 3.47. The van der Waals surface area contributed by atoms with Crippen molar-refractivity contribution in [1.29, 1.82) is 0 Å². The van der Waals surface area contributed by atoms with Crippen LogP contribution in [0.1, 0.15) is 43.7 Å². The van der Waals surface area contributed by atoms with Crippen molar-refractivity contribution in [1.82, 2.24) is 5.32 Å². The van der Waals surface area contributed by atoms with Gasteiger partial charge in [-0.25, -0.2) is 0 Å². The zero-order valence-electron chi connectivity index (χ0n) is 12.5. The first-order chi connectivity index (χ1) is 9.22. The summed E-state index contributed by atoms with van der Waals surface area (Å²) >= 11 is 0. The Hall–Kier alpha value is -0.860. The maximum atomic E-state index is 6.19. The average molecular weight is 261 g/mol. The van der Waals surface area contributed by atoms with Crippen molar-refractivity contribution in [3.63, 3.8) is 0 Å². The molecule has 0 bridgehead atoms. The van der Waals surface area contributed by atoms with Crippen molar-refractivity contribution in [3.05, 3.63) is 35.4 Å². The molecule has 1 aromatic carbocycles. The lowest BCUT2D eigenvalue weighted by molar-refractivity contribution is -0.0597. The van der Waals surface area contributed by atoms with Gasteiger partial charge in [-0.2, -0.15) is 0 Å². The fourth-order valence-corrected chi connectivity index (χ4v) is 3.46. The summed E-state index contributed by atoms with van der Waals surface area (Å²) in [6.07, 6.45) is 6.04. The van der Waals surface area contributed by atoms with Crippen LogP contribution in [-0.2, 0) is 11.2 Å². The van der Waals surface area contributed by atoms with Crippen LogP contribution in [0.5, 0.6) is 0 Å². The normalized spacial score (nSPS) is 19.5. The van der Waals surface area contributed by atoms with Gasteiger partial charge in [0.05, 0.1) is 5.60 Å². The molecule has 1 saturated carbocycles. The van der Waals surface area contributed by atoms with E-state index in [-0.39, 0.29) is 5.60 Å². The smallest absolute Gasteiger partial charge is 0.0837 e. The highest BCUT2D eigenvalue weighted by molar-refractivity contribution is 5.27. The quantitative estimate of drug-likeness (QED) is 0.846. The number of likely N-dealkylation sites (N-methyl/N-ethyl adjacent to an activating group) is 1. The number of benzene rings is 1. The van der Waals surface area contributed by atoms with Crippen molar-refractivity contribution in [2.24, 2.45) is 0 Å². The molecule has 0 heterocycles. The Morgan fingerprint density at radius 1 is 1.26 bits per heavy atom. The SMILES string of the molecule is CCOC1(C(Cc2ccccc2C)NC)CCCC1. The molecule has 1 N–H and O–H groups in total. The molecule has 1 aliphatic carbocycles. The molecule has 2 heteroatoms. The molecule has 19 heavy (non-hydrogen) atoms. The largest absolute Gasteiger partial charge is 0.374 e. The third-order valence-corrected chi connectivity index (χ3v) is 4.55. The van der Waals surface area contributed by atoms with Crippen LogP contribution in [0.3, 0.4) is 0 Å². The van der Waals surface area contributed by atoms with Gasteiger partial charge >= 0.3 is 0 Å². The van der Waals surface area contributed by atoms with Crippen LogP contribution in [0.25, 0.3) is 0 Å². The summed E-state index contributed by atoms with van der Waals surface area (Å²) in [6, 6.07) is 9.10. The summed E-state index contributed by atoms with van der Waals surface area (Å²) < 4.78 is 6.19. The van der Waals surface area contributed by atoms with Gasteiger partial charge in [0.15, 0.2) is 0 Å². The van der Waals surface area contributed by atoms with Crippen LogP contribution in [0.2, 0.25) is 0 Å². The summed E-state index contributed by atoms with van der Waals surface area (Å²) in [6.45, 7) is 5.12. The maximum absolute atomic E-state index is 6.19. The van der Waals surface area contributed by atoms with E-state index in [1.54, 1.807) is 0 Å². The Bertz CT molecular complexity index is 396. The van der Waals surface area contributed by atoms with Gasteiger partial charge in [0, 0.05) is 12.6 Å². The third kappa shape index (κ3) is 3.18. The lowest BCUT2D eigenvalue weighted by Crippen LogP contribution is -2.51. The minimum atomic E-state index is 0.0474. The molecule has 0 saturated heterocycles. The van der Waals surface area contributed by atoms with Gasteiger partial charge < -0.3 is 10.1 Å².